The van der Waals surface area contributed by atoms with Crippen molar-refractivity contribution in [2.45, 2.75) is 246 Å². The number of aliphatic hydroxyl groups excluding tert-OH is 22. The first-order valence-corrected chi connectivity index (χ1v) is 29.2. The molecular weight excluding hydrogens is 1260 g/mol. The molecule has 0 radical (unpaired) electrons. The van der Waals surface area contributed by atoms with E-state index in [1.807, 2.05) is 0 Å². The zero-order valence-electron chi connectivity index (χ0n) is 47.8. The molecule has 10 heterocycles. The van der Waals surface area contributed by atoms with E-state index in [2.05, 4.69) is 0 Å². The summed E-state index contributed by atoms with van der Waals surface area (Å²) in [4.78, 5) is 0. The Hall–Kier alpha value is -1.64. The summed E-state index contributed by atoms with van der Waals surface area (Å²) in [6.07, 6.45) is -66.8. The fourth-order valence-corrected chi connectivity index (χ4v) is 11.4. The zero-order valence-corrected chi connectivity index (χ0v) is 47.8. The molecule has 528 valence electrons. The molecule has 40 unspecified atom stereocenters. The number of aliphatic hydroxyl groups is 22. The minimum absolute atomic E-state index is 0.397. The molecule has 10 aliphatic rings. The molecule has 10 fully saturated rings. The van der Waals surface area contributed by atoms with Crippen molar-refractivity contribution in [1.82, 2.24) is 0 Å². The lowest BCUT2D eigenvalue weighted by molar-refractivity contribution is -0.370. The molecule has 0 amide bonds. The average Bonchev–Trinajstić information content (AvgIpc) is 0.897. The molecule has 10 rings (SSSR count). The van der Waals surface area contributed by atoms with Gasteiger partial charge in [-0.15, -0.1) is 0 Å². The van der Waals surface area contributed by atoms with E-state index in [9.17, 15) is 112 Å². The van der Waals surface area contributed by atoms with Gasteiger partial charge in [0.15, 0.2) is 62.9 Å². The molecule has 0 aliphatic carbocycles. The molecule has 10 aliphatic heterocycles. The minimum Gasteiger partial charge on any atom is -0.388 e. The van der Waals surface area contributed by atoms with Crippen molar-refractivity contribution in [3.8, 4) is 0 Å². The van der Waals surface area contributed by atoms with E-state index < -0.39 is 312 Å². The van der Waals surface area contributed by atoms with E-state index in [1.54, 1.807) is 0 Å². The Morgan fingerprint density at radius 3 is 0.484 bits per heavy atom. The molecular formula is C50H82O41. The highest BCUT2D eigenvalue weighted by Crippen LogP contribution is 2.35. The monoisotopic (exact) mass is 1340 g/mol. The molecule has 0 aromatic carbocycles. The summed E-state index contributed by atoms with van der Waals surface area (Å²) in [6, 6.07) is 0. The molecule has 22 N–H and O–H groups in total. The van der Waals surface area contributed by atoms with E-state index in [0.29, 0.717) is 0 Å². The maximum Gasteiger partial charge on any atom is 0.186 e. The Balaban J connectivity index is 0.611. The third-order valence-electron chi connectivity index (χ3n) is 17.2. The molecule has 0 saturated carbocycles. The van der Waals surface area contributed by atoms with Crippen molar-refractivity contribution in [3.63, 3.8) is 0 Å². The topological polar surface area (TPSA) is 620 Å². The number of hydrogen-bond acceptors (Lipinski definition) is 41. The van der Waals surface area contributed by atoms with Gasteiger partial charge in [-0.25, -0.2) is 0 Å². The van der Waals surface area contributed by atoms with Crippen molar-refractivity contribution >= 4 is 0 Å². The van der Waals surface area contributed by atoms with Crippen molar-refractivity contribution in [1.29, 1.82) is 0 Å². The third kappa shape index (κ3) is 15.8. The fourth-order valence-electron chi connectivity index (χ4n) is 11.4. The minimum atomic E-state index is -1.94. The quantitative estimate of drug-likeness (QED) is 0.0606. The van der Waals surface area contributed by atoms with Crippen LogP contribution in [0.15, 0.2) is 0 Å². The first-order valence-electron chi connectivity index (χ1n) is 29.2. The number of ether oxygens (including phenoxy) is 19. The summed E-state index contributed by atoms with van der Waals surface area (Å²) >= 11 is 0. The Kier molecular flexibility index (Phi) is 24.6. The zero-order chi connectivity index (χ0) is 65.6. The van der Waals surface area contributed by atoms with Crippen LogP contribution in [0.1, 0.15) is 0 Å². The van der Waals surface area contributed by atoms with Crippen LogP contribution in [0.4, 0.5) is 0 Å². The van der Waals surface area contributed by atoms with Gasteiger partial charge in [-0.3, -0.25) is 0 Å². The summed E-state index contributed by atoms with van der Waals surface area (Å²) in [5.74, 6) is 0. The van der Waals surface area contributed by atoms with Crippen molar-refractivity contribution in [3.05, 3.63) is 0 Å². The van der Waals surface area contributed by atoms with Crippen molar-refractivity contribution < 1.29 is 202 Å². The average molecular weight is 1340 g/mol. The molecule has 10 saturated heterocycles. The van der Waals surface area contributed by atoms with E-state index in [4.69, 9.17) is 90.0 Å². The summed E-state index contributed by atoms with van der Waals surface area (Å²) in [5.41, 5.74) is 0. The maximum atomic E-state index is 11.1. The van der Waals surface area contributed by atoms with Crippen LogP contribution in [0.3, 0.4) is 0 Å². The molecule has 0 spiro atoms. The molecule has 41 heteroatoms. The smallest absolute Gasteiger partial charge is 0.186 e. The van der Waals surface area contributed by atoms with Gasteiger partial charge in [0.05, 0.1) is 66.1 Å². The standard InChI is InChI=1S/C50H82O41/c51-11-1-74-42(32(63)21(11)52)84-13-3-76-44(34(65)23(13)54)86-15-5-78-46(36(67)25(15)56)88-17-7-80-48(38(69)27(17)58)90-19-9-82-50(40(71)29(19)60)91-20-10-81-49(39(70)30(20)61)89-18-8-79-47(37(68)28(18)59)87-16-6-77-45(35(66)26(16)57)85-14-4-75-43(33(64)24(14)55)83-12-2-73-41(72)31(62)22(12)53/h11-72H,1-10H2. The van der Waals surface area contributed by atoms with Crippen molar-refractivity contribution in [2.75, 3.05) is 66.1 Å². The SMILES string of the molecule is OC1COC(OC2COC(OC3COC(OC4COC(OC5COC(OC6COC(OC7COC(OC8COC(OC9COC(OC%10COC(O)C(O)C%10O)C(O)C9O)C(O)C8O)C(O)C7O)C(O)C6O)C(O)C5O)C(O)C4O)C(O)C3O)C(O)C2O)C(O)C1O. The largest absolute Gasteiger partial charge is 0.388 e. The van der Waals surface area contributed by atoms with Crippen LogP contribution in [-0.2, 0) is 90.0 Å². The lowest BCUT2D eigenvalue weighted by Gasteiger charge is -2.46. The Morgan fingerprint density at radius 2 is 0.297 bits per heavy atom. The second kappa shape index (κ2) is 31.1. The van der Waals surface area contributed by atoms with Gasteiger partial charge >= 0.3 is 0 Å². The van der Waals surface area contributed by atoms with E-state index in [-0.39, 0.29) is 0 Å². The Morgan fingerprint density at radius 1 is 0.154 bits per heavy atom. The lowest BCUT2D eigenvalue weighted by atomic mass is 10.0. The summed E-state index contributed by atoms with van der Waals surface area (Å²) < 4.78 is 105. The maximum absolute atomic E-state index is 11.1. The second-order valence-electron chi connectivity index (χ2n) is 23.5. The molecule has 0 bridgehead atoms. The summed E-state index contributed by atoms with van der Waals surface area (Å²) in [7, 11) is 0. The van der Waals surface area contributed by atoms with Gasteiger partial charge in [-0.1, -0.05) is 0 Å². The lowest BCUT2D eigenvalue weighted by Crippen LogP contribution is -2.63. The first kappa shape index (κ1) is 72.1. The summed E-state index contributed by atoms with van der Waals surface area (Å²) in [5, 5.41) is 234. The number of hydrogen-bond donors (Lipinski definition) is 22. The molecule has 0 aromatic rings. The highest BCUT2D eigenvalue weighted by atomic mass is 16.8. The van der Waals surface area contributed by atoms with Gasteiger partial charge in [-0.05, 0) is 0 Å². The van der Waals surface area contributed by atoms with Gasteiger partial charge in [0.2, 0.25) is 0 Å². The van der Waals surface area contributed by atoms with Crippen LogP contribution in [-0.4, -0.2) is 424 Å². The van der Waals surface area contributed by atoms with Gasteiger partial charge in [0.1, 0.15) is 183 Å². The van der Waals surface area contributed by atoms with E-state index in [0.717, 1.165) is 0 Å². The van der Waals surface area contributed by atoms with E-state index in [1.165, 1.54) is 0 Å². The van der Waals surface area contributed by atoms with Gasteiger partial charge in [0.25, 0.3) is 0 Å². The van der Waals surface area contributed by atoms with Crippen LogP contribution in [0.25, 0.3) is 0 Å². The van der Waals surface area contributed by atoms with Crippen LogP contribution < -0.4 is 0 Å². The second-order valence-corrected chi connectivity index (χ2v) is 23.5. The third-order valence-corrected chi connectivity index (χ3v) is 17.2. The predicted molar refractivity (Wildman–Crippen MR) is 270 cm³/mol. The predicted octanol–water partition coefficient (Wildman–Crippen LogP) is -16.4. The Bertz CT molecular complexity index is 2090. The van der Waals surface area contributed by atoms with Gasteiger partial charge in [-0.2, -0.15) is 0 Å². The summed E-state index contributed by atoms with van der Waals surface area (Å²) in [6.45, 7) is -5.01. The van der Waals surface area contributed by atoms with E-state index >= 15 is 0 Å². The Labute approximate surface area is 513 Å². The van der Waals surface area contributed by atoms with Crippen LogP contribution in [0.5, 0.6) is 0 Å². The van der Waals surface area contributed by atoms with Gasteiger partial charge < -0.3 is 202 Å². The molecule has 41 nitrogen and oxygen atoms in total. The van der Waals surface area contributed by atoms with Gasteiger partial charge in [0, 0.05) is 0 Å². The normalized spacial score (nSPS) is 54.7. The number of rotatable bonds is 18. The van der Waals surface area contributed by atoms with Crippen LogP contribution in [0, 0.1) is 0 Å². The molecule has 0 aromatic heterocycles. The van der Waals surface area contributed by atoms with Crippen LogP contribution >= 0.6 is 0 Å². The fraction of sp³-hybridized carbons (Fsp3) is 1.00. The first-order chi connectivity index (χ1) is 43.2. The highest BCUT2D eigenvalue weighted by Gasteiger charge is 2.55. The van der Waals surface area contributed by atoms with Crippen molar-refractivity contribution in [2.24, 2.45) is 0 Å². The highest BCUT2D eigenvalue weighted by molar-refractivity contribution is 4.96. The molecule has 91 heavy (non-hydrogen) atoms. The van der Waals surface area contributed by atoms with Crippen LogP contribution in [0.2, 0.25) is 0 Å². The molecule has 40 atom stereocenters.